The van der Waals surface area contributed by atoms with Gasteiger partial charge in [-0.1, -0.05) is 12.1 Å². The van der Waals surface area contributed by atoms with Crippen LogP contribution in [0.2, 0.25) is 0 Å². The number of ether oxygens (including phenoxy) is 1. The number of aliphatic carboxylic acids is 1. The van der Waals surface area contributed by atoms with Gasteiger partial charge in [0.15, 0.2) is 0 Å². The number of benzene rings is 1. The maximum Gasteiger partial charge on any atom is 0.308 e. The highest BCUT2D eigenvalue weighted by Gasteiger charge is 2.27. The van der Waals surface area contributed by atoms with Gasteiger partial charge in [-0.3, -0.25) is 4.79 Å². The molecule has 2 heterocycles. The van der Waals surface area contributed by atoms with E-state index in [4.69, 9.17) is 4.74 Å². The molecule has 1 aliphatic rings. The number of nitrogens with zero attached hydrogens (tertiary/aromatic N) is 2. The molecule has 1 atom stereocenters. The number of aromatic nitrogens is 1. The van der Waals surface area contributed by atoms with Crippen LogP contribution in [0.15, 0.2) is 30.5 Å². The normalized spacial score (nSPS) is 18.4. The number of piperidine rings is 1. The van der Waals surface area contributed by atoms with Gasteiger partial charge >= 0.3 is 5.97 Å². The molecule has 0 bridgehead atoms. The molecular formula is C17H20N2O3. The smallest absolute Gasteiger partial charge is 0.308 e. The Morgan fingerprint density at radius 1 is 1.45 bits per heavy atom. The maximum atomic E-state index is 11.3. The van der Waals surface area contributed by atoms with Gasteiger partial charge in [0.2, 0.25) is 5.88 Å². The van der Waals surface area contributed by atoms with Crippen molar-refractivity contribution < 1.29 is 14.6 Å². The summed E-state index contributed by atoms with van der Waals surface area (Å²) in [5.41, 5.74) is 1.01. The molecule has 5 heteroatoms. The second-order valence-corrected chi connectivity index (χ2v) is 5.55. The minimum Gasteiger partial charge on any atom is -0.481 e. The number of carbonyl (C=O) groups is 1. The highest BCUT2D eigenvalue weighted by Crippen LogP contribution is 2.35. The van der Waals surface area contributed by atoms with Crippen molar-refractivity contribution >= 4 is 22.4 Å². The largest absolute Gasteiger partial charge is 0.481 e. The summed E-state index contributed by atoms with van der Waals surface area (Å²) >= 11 is 0. The quantitative estimate of drug-likeness (QED) is 0.940. The predicted octanol–water partition coefficient (Wildman–Crippen LogP) is 2.93. The molecule has 1 N–H and O–H groups in total. The van der Waals surface area contributed by atoms with Crippen LogP contribution in [0.4, 0.5) is 5.69 Å². The van der Waals surface area contributed by atoms with E-state index >= 15 is 0 Å². The first-order valence-corrected chi connectivity index (χ1v) is 7.69. The maximum absolute atomic E-state index is 11.3. The molecule has 1 aliphatic heterocycles. The minimum atomic E-state index is -0.715. The zero-order valence-corrected chi connectivity index (χ0v) is 12.7. The molecule has 2 aromatic rings. The molecule has 1 unspecified atom stereocenters. The summed E-state index contributed by atoms with van der Waals surface area (Å²) in [6.07, 6.45) is 3.37. The van der Waals surface area contributed by atoms with Gasteiger partial charge < -0.3 is 14.7 Å². The Hall–Kier alpha value is -2.30. The van der Waals surface area contributed by atoms with Gasteiger partial charge in [0.05, 0.1) is 23.6 Å². The van der Waals surface area contributed by atoms with Gasteiger partial charge in [-0.2, -0.15) is 0 Å². The van der Waals surface area contributed by atoms with Crippen LogP contribution < -0.4 is 9.64 Å². The van der Waals surface area contributed by atoms with E-state index in [0.717, 1.165) is 35.8 Å². The van der Waals surface area contributed by atoms with Crippen LogP contribution in [0.1, 0.15) is 19.8 Å². The summed E-state index contributed by atoms with van der Waals surface area (Å²) in [6, 6.07) is 8.01. The van der Waals surface area contributed by atoms with Gasteiger partial charge in [0.25, 0.3) is 0 Å². The SMILES string of the molecule is CCOc1nccc2cccc(N3CCCC(C(=O)O)C3)c12. The van der Waals surface area contributed by atoms with E-state index in [2.05, 4.69) is 9.88 Å². The lowest BCUT2D eigenvalue weighted by atomic mass is 9.97. The molecule has 1 saturated heterocycles. The van der Waals surface area contributed by atoms with E-state index in [0.29, 0.717) is 19.0 Å². The molecule has 0 amide bonds. The monoisotopic (exact) mass is 300 g/mol. The molecule has 0 spiro atoms. The number of hydrogen-bond acceptors (Lipinski definition) is 4. The molecule has 3 rings (SSSR count). The lowest BCUT2D eigenvalue weighted by Crippen LogP contribution is -2.38. The van der Waals surface area contributed by atoms with Gasteiger partial charge in [-0.25, -0.2) is 4.98 Å². The van der Waals surface area contributed by atoms with E-state index in [9.17, 15) is 9.90 Å². The lowest BCUT2D eigenvalue weighted by molar-refractivity contribution is -0.141. The highest BCUT2D eigenvalue weighted by molar-refractivity contribution is 5.98. The number of rotatable bonds is 4. The molecule has 116 valence electrons. The first-order valence-electron chi connectivity index (χ1n) is 7.69. The van der Waals surface area contributed by atoms with Gasteiger partial charge in [0.1, 0.15) is 0 Å². The molecule has 0 radical (unpaired) electrons. The number of pyridine rings is 1. The predicted molar refractivity (Wildman–Crippen MR) is 85.5 cm³/mol. The van der Waals surface area contributed by atoms with Crippen LogP contribution in [-0.4, -0.2) is 35.8 Å². The Balaban J connectivity index is 2.04. The molecule has 1 fully saturated rings. The molecular weight excluding hydrogens is 280 g/mol. The van der Waals surface area contributed by atoms with Crippen molar-refractivity contribution in [1.82, 2.24) is 4.98 Å². The Labute approximate surface area is 129 Å². The van der Waals surface area contributed by atoms with Crippen molar-refractivity contribution in [3.63, 3.8) is 0 Å². The van der Waals surface area contributed by atoms with Crippen LogP contribution in [0.3, 0.4) is 0 Å². The highest BCUT2D eigenvalue weighted by atomic mass is 16.5. The van der Waals surface area contributed by atoms with Crippen molar-refractivity contribution in [2.24, 2.45) is 5.92 Å². The van der Waals surface area contributed by atoms with Crippen molar-refractivity contribution in [2.75, 3.05) is 24.6 Å². The van der Waals surface area contributed by atoms with E-state index in [1.165, 1.54) is 0 Å². The fourth-order valence-electron chi connectivity index (χ4n) is 3.09. The van der Waals surface area contributed by atoms with E-state index in [-0.39, 0.29) is 5.92 Å². The summed E-state index contributed by atoms with van der Waals surface area (Å²) < 4.78 is 5.67. The second-order valence-electron chi connectivity index (χ2n) is 5.55. The second kappa shape index (κ2) is 6.22. The average Bonchev–Trinajstić information content (AvgIpc) is 2.55. The van der Waals surface area contributed by atoms with Crippen LogP contribution in [0, 0.1) is 5.92 Å². The Bertz CT molecular complexity index is 681. The zero-order valence-electron chi connectivity index (χ0n) is 12.7. The molecule has 1 aromatic heterocycles. The van der Waals surface area contributed by atoms with Crippen LogP contribution in [-0.2, 0) is 4.79 Å². The molecule has 1 aromatic carbocycles. The Kier molecular flexibility index (Phi) is 4.13. The minimum absolute atomic E-state index is 0.309. The van der Waals surface area contributed by atoms with Crippen LogP contribution in [0.25, 0.3) is 10.8 Å². The summed E-state index contributed by atoms with van der Waals surface area (Å²) in [5.74, 6) is -0.405. The third-order valence-electron chi connectivity index (χ3n) is 4.13. The molecule has 5 nitrogen and oxygen atoms in total. The van der Waals surface area contributed by atoms with Crippen molar-refractivity contribution in [3.05, 3.63) is 30.5 Å². The average molecular weight is 300 g/mol. The van der Waals surface area contributed by atoms with E-state index < -0.39 is 5.97 Å². The Morgan fingerprint density at radius 2 is 2.32 bits per heavy atom. The van der Waals surface area contributed by atoms with Crippen molar-refractivity contribution in [3.8, 4) is 5.88 Å². The van der Waals surface area contributed by atoms with Gasteiger partial charge in [0, 0.05) is 19.3 Å². The van der Waals surface area contributed by atoms with Crippen molar-refractivity contribution in [2.45, 2.75) is 19.8 Å². The molecule has 22 heavy (non-hydrogen) atoms. The fourth-order valence-corrected chi connectivity index (χ4v) is 3.09. The summed E-state index contributed by atoms with van der Waals surface area (Å²) in [5, 5.41) is 11.3. The van der Waals surface area contributed by atoms with Crippen LogP contribution in [0.5, 0.6) is 5.88 Å². The van der Waals surface area contributed by atoms with Gasteiger partial charge in [-0.15, -0.1) is 0 Å². The van der Waals surface area contributed by atoms with Gasteiger partial charge in [-0.05, 0) is 37.3 Å². The summed E-state index contributed by atoms with van der Waals surface area (Å²) in [6.45, 7) is 3.89. The first-order chi connectivity index (χ1) is 10.7. The molecule has 0 saturated carbocycles. The summed E-state index contributed by atoms with van der Waals surface area (Å²) in [7, 11) is 0. The third-order valence-corrected chi connectivity index (χ3v) is 4.13. The molecule has 0 aliphatic carbocycles. The van der Waals surface area contributed by atoms with Crippen LogP contribution >= 0.6 is 0 Å². The van der Waals surface area contributed by atoms with Crippen molar-refractivity contribution in [1.29, 1.82) is 0 Å². The number of hydrogen-bond donors (Lipinski definition) is 1. The number of carboxylic acid groups (broad SMARTS) is 1. The van der Waals surface area contributed by atoms with E-state index in [1.807, 2.05) is 31.2 Å². The lowest BCUT2D eigenvalue weighted by Gasteiger charge is -2.33. The summed E-state index contributed by atoms with van der Waals surface area (Å²) in [4.78, 5) is 17.8. The zero-order chi connectivity index (χ0) is 15.5. The first kappa shape index (κ1) is 14.6. The number of fused-ring (bicyclic) bond motifs is 1. The fraction of sp³-hybridized carbons (Fsp3) is 0.412. The number of carboxylic acids is 1. The third kappa shape index (κ3) is 2.71. The number of anilines is 1. The standard InChI is InChI=1S/C17H20N2O3/c1-2-22-16-15-12(8-9-18-16)5-3-7-14(15)19-10-4-6-13(11-19)17(20)21/h3,5,7-9,13H,2,4,6,10-11H2,1H3,(H,20,21). The topological polar surface area (TPSA) is 62.7 Å². The van der Waals surface area contributed by atoms with E-state index in [1.54, 1.807) is 6.20 Å². The Morgan fingerprint density at radius 3 is 3.09 bits per heavy atom.